The largest absolute Gasteiger partial charge is 0.382 e. The van der Waals surface area contributed by atoms with Crippen molar-refractivity contribution in [3.05, 3.63) is 28.2 Å². The number of nitrogens with one attached hydrogen (secondary N) is 1. The average Bonchev–Trinajstić information content (AvgIpc) is 2.26. The van der Waals surface area contributed by atoms with Crippen molar-refractivity contribution in [1.82, 2.24) is 0 Å². The number of hydrogen-bond donors (Lipinski definition) is 1. The van der Waals surface area contributed by atoms with Crippen LogP contribution in [0.1, 0.15) is 19.4 Å². The molecule has 3 heteroatoms. The lowest BCUT2D eigenvalue weighted by atomic mass is 10.1. The molecule has 1 aromatic carbocycles. The Labute approximate surface area is 100 Å². The van der Waals surface area contributed by atoms with Gasteiger partial charge in [0, 0.05) is 23.8 Å². The van der Waals surface area contributed by atoms with Crippen LogP contribution in [0, 0.1) is 0 Å². The van der Waals surface area contributed by atoms with Crippen LogP contribution in [0.3, 0.4) is 0 Å². The maximum absolute atomic E-state index is 5.20. The van der Waals surface area contributed by atoms with E-state index in [0.717, 1.165) is 17.4 Å². The van der Waals surface area contributed by atoms with E-state index in [1.165, 1.54) is 11.3 Å². The van der Waals surface area contributed by atoms with Crippen LogP contribution < -0.4 is 5.32 Å². The summed E-state index contributed by atoms with van der Waals surface area (Å²) in [5, 5.41) is 3.40. The van der Waals surface area contributed by atoms with E-state index in [-0.39, 0.29) is 6.10 Å². The minimum Gasteiger partial charge on any atom is -0.382 e. The van der Waals surface area contributed by atoms with Crippen molar-refractivity contribution in [1.29, 1.82) is 0 Å². The summed E-state index contributed by atoms with van der Waals surface area (Å²) in [6.07, 6.45) is 1.27. The van der Waals surface area contributed by atoms with Gasteiger partial charge in [0.2, 0.25) is 0 Å². The number of aryl methyl sites for hydroxylation is 1. The van der Waals surface area contributed by atoms with Crippen LogP contribution in [0.25, 0.3) is 0 Å². The first-order chi connectivity index (χ1) is 7.17. The number of benzene rings is 1. The molecule has 0 fully saturated rings. The highest BCUT2D eigenvalue weighted by Crippen LogP contribution is 2.21. The number of ether oxygens (including phenoxy) is 1. The van der Waals surface area contributed by atoms with Gasteiger partial charge in [-0.3, -0.25) is 0 Å². The summed E-state index contributed by atoms with van der Waals surface area (Å²) in [7, 11) is 1.73. The van der Waals surface area contributed by atoms with Crippen LogP contribution in [0.15, 0.2) is 22.7 Å². The third-order valence-electron chi connectivity index (χ3n) is 2.43. The van der Waals surface area contributed by atoms with Gasteiger partial charge in [-0.25, -0.2) is 0 Å². The van der Waals surface area contributed by atoms with E-state index < -0.39 is 0 Å². The number of methoxy groups -OCH3 is 1. The fourth-order valence-electron chi connectivity index (χ4n) is 1.36. The van der Waals surface area contributed by atoms with Gasteiger partial charge in [-0.15, -0.1) is 0 Å². The molecule has 1 rings (SSSR count). The van der Waals surface area contributed by atoms with Gasteiger partial charge in [0.05, 0.1) is 6.10 Å². The molecule has 0 bridgehead atoms. The van der Waals surface area contributed by atoms with E-state index in [4.69, 9.17) is 4.74 Å². The number of rotatable bonds is 5. The molecule has 1 aromatic rings. The molecule has 0 saturated heterocycles. The van der Waals surface area contributed by atoms with E-state index in [0.29, 0.717) is 0 Å². The first-order valence-electron chi connectivity index (χ1n) is 5.22. The zero-order valence-corrected chi connectivity index (χ0v) is 11.1. The summed E-state index contributed by atoms with van der Waals surface area (Å²) in [6.45, 7) is 5.05. The molecule has 0 aliphatic carbocycles. The first-order valence-corrected chi connectivity index (χ1v) is 6.01. The van der Waals surface area contributed by atoms with Gasteiger partial charge in [0.25, 0.3) is 0 Å². The number of halogens is 1. The van der Waals surface area contributed by atoms with Crippen LogP contribution in [0.2, 0.25) is 0 Å². The minimum absolute atomic E-state index is 0.235. The zero-order chi connectivity index (χ0) is 11.3. The molecular weight excluding hydrogens is 254 g/mol. The Kier molecular flexibility index (Phi) is 5.12. The van der Waals surface area contributed by atoms with Gasteiger partial charge in [-0.05, 0) is 37.1 Å². The van der Waals surface area contributed by atoms with Crippen molar-refractivity contribution < 1.29 is 4.74 Å². The predicted octanol–water partition coefficient (Wildman–Crippen LogP) is 3.46. The molecular formula is C12H18BrNO. The Bertz CT molecular complexity index is 314. The third-order valence-corrected chi connectivity index (χ3v) is 2.92. The molecule has 0 heterocycles. The molecule has 1 atom stereocenters. The van der Waals surface area contributed by atoms with Crippen molar-refractivity contribution in [2.24, 2.45) is 0 Å². The van der Waals surface area contributed by atoms with Crippen molar-refractivity contribution in [2.75, 3.05) is 19.0 Å². The third kappa shape index (κ3) is 3.84. The fourth-order valence-corrected chi connectivity index (χ4v) is 1.77. The second-order valence-corrected chi connectivity index (χ2v) is 4.50. The van der Waals surface area contributed by atoms with Crippen molar-refractivity contribution in [3.63, 3.8) is 0 Å². The van der Waals surface area contributed by atoms with Crippen molar-refractivity contribution in [3.8, 4) is 0 Å². The highest BCUT2D eigenvalue weighted by atomic mass is 79.9. The summed E-state index contributed by atoms with van der Waals surface area (Å²) in [5.74, 6) is 0. The van der Waals surface area contributed by atoms with Crippen LogP contribution in [-0.4, -0.2) is 19.8 Å². The summed E-state index contributed by atoms with van der Waals surface area (Å²) in [5.41, 5.74) is 2.53. The second-order valence-electron chi connectivity index (χ2n) is 3.58. The van der Waals surface area contributed by atoms with E-state index in [1.807, 2.05) is 0 Å². The average molecular weight is 272 g/mol. The first kappa shape index (κ1) is 12.5. The van der Waals surface area contributed by atoms with Gasteiger partial charge in [-0.1, -0.05) is 22.9 Å². The highest BCUT2D eigenvalue weighted by Gasteiger charge is 2.03. The normalized spacial score (nSPS) is 12.5. The Morgan fingerprint density at radius 2 is 2.20 bits per heavy atom. The monoisotopic (exact) mass is 271 g/mol. The van der Waals surface area contributed by atoms with Crippen molar-refractivity contribution in [2.45, 2.75) is 26.4 Å². The molecule has 2 nitrogen and oxygen atoms in total. The standard InChI is InChI=1S/C12H18BrNO/c1-4-10-7-11(13)5-6-12(10)14-8-9(2)15-3/h5-7,9,14H,4,8H2,1-3H3. The van der Waals surface area contributed by atoms with Crippen LogP contribution >= 0.6 is 15.9 Å². The molecule has 1 N–H and O–H groups in total. The minimum atomic E-state index is 0.235. The maximum Gasteiger partial charge on any atom is 0.0715 e. The molecule has 0 amide bonds. The molecule has 0 aromatic heterocycles. The van der Waals surface area contributed by atoms with Gasteiger partial charge in [0.1, 0.15) is 0 Å². The lowest BCUT2D eigenvalue weighted by Gasteiger charge is -2.14. The second kappa shape index (κ2) is 6.13. The summed E-state index contributed by atoms with van der Waals surface area (Å²) < 4.78 is 6.33. The number of hydrogen-bond acceptors (Lipinski definition) is 2. The molecule has 1 unspecified atom stereocenters. The van der Waals surface area contributed by atoms with Crippen LogP contribution in [0.4, 0.5) is 5.69 Å². The molecule has 0 radical (unpaired) electrons. The summed E-state index contributed by atoms with van der Waals surface area (Å²) in [4.78, 5) is 0. The summed E-state index contributed by atoms with van der Waals surface area (Å²) in [6, 6.07) is 6.31. The lowest BCUT2D eigenvalue weighted by molar-refractivity contribution is 0.129. The quantitative estimate of drug-likeness (QED) is 0.886. The van der Waals surface area contributed by atoms with E-state index >= 15 is 0 Å². The molecule has 15 heavy (non-hydrogen) atoms. The van der Waals surface area contributed by atoms with Gasteiger partial charge >= 0.3 is 0 Å². The topological polar surface area (TPSA) is 21.3 Å². The maximum atomic E-state index is 5.20. The van der Waals surface area contributed by atoms with Crippen LogP contribution in [-0.2, 0) is 11.2 Å². The highest BCUT2D eigenvalue weighted by molar-refractivity contribution is 9.10. The van der Waals surface area contributed by atoms with Gasteiger partial charge < -0.3 is 10.1 Å². The van der Waals surface area contributed by atoms with Crippen molar-refractivity contribution >= 4 is 21.6 Å². The predicted molar refractivity (Wildman–Crippen MR) is 68.5 cm³/mol. The molecule has 0 aliphatic heterocycles. The smallest absolute Gasteiger partial charge is 0.0715 e. The fraction of sp³-hybridized carbons (Fsp3) is 0.500. The van der Waals surface area contributed by atoms with E-state index in [1.54, 1.807) is 7.11 Å². The lowest BCUT2D eigenvalue weighted by Crippen LogP contribution is -2.18. The molecule has 0 aliphatic rings. The van der Waals surface area contributed by atoms with Crippen LogP contribution in [0.5, 0.6) is 0 Å². The molecule has 0 spiro atoms. The molecule has 84 valence electrons. The van der Waals surface area contributed by atoms with E-state index in [9.17, 15) is 0 Å². The van der Waals surface area contributed by atoms with E-state index in [2.05, 4.69) is 53.3 Å². The van der Waals surface area contributed by atoms with Gasteiger partial charge in [-0.2, -0.15) is 0 Å². The SMILES string of the molecule is CCc1cc(Br)ccc1NCC(C)OC. The van der Waals surface area contributed by atoms with Gasteiger partial charge in [0.15, 0.2) is 0 Å². The zero-order valence-electron chi connectivity index (χ0n) is 9.51. The Hall–Kier alpha value is -0.540. The summed E-state index contributed by atoms with van der Waals surface area (Å²) >= 11 is 3.48. The number of anilines is 1. The Balaban J connectivity index is 2.67. The Morgan fingerprint density at radius 3 is 2.80 bits per heavy atom. The Morgan fingerprint density at radius 1 is 1.47 bits per heavy atom. The molecule has 0 saturated carbocycles.